The summed E-state index contributed by atoms with van der Waals surface area (Å²) in [5, 5.41) is 3.59. The second-order valence-electron chi connectivity index (χ2n) is 4.92. The molecule has 1 N–H and O–H groups in total. The second kappa shape index (κ2) is 8.28. The van der Waals surface area contributed by atoms with E-state index in [9.17, 15) is 0 Å². The van der Waals surface area contributed by atoms with E-state index in [0.29, 0.717) is 0 Å². The number of ether oxygens (including phenoxy) is 1. The summed E-state index contributed by atoms with van der Waals surface area (Å²) >= 11 is 0. The van der Waals surface area contributed by atoms with Gasteiger partial charge in [0, 0.05) is 6.61 Å². The molecule has 0 saturated heterocycles. The van der Waals surface area contributed by atoms with Gasteiger partial charge < -0.3 is 10.1 Å². The van der Waals surface area contributed by atoms with Crippen LogP contribution < -0.4 is 5.32 Å². The molecule has 0 heterocycles. The van der Waals surface area contributed by atoms with Crippen LogP contribution in [0.2, 0.25) is 0 Å². The molecule has 2 nitrogen and oxygen atoms in total. The molecule has 0 bridgehead atoms. The first kappa shape index (κ1) is 15.2. The van der Waals surface area contributed by atoms with Gasteiger partial charge in [-0.25, -0.2) is 0 Å². The fourth-order valence-electron chi connectivity index (χ4n) is 2.03. The van der Waals surface area contributed by atoms with E-state index in [4.69, 9.17) is 4.74 Å². The lowest BCUT2D eigenvalue weighted by Crippen LogP contribution is -2.32. The number of hydrogen-bond acceptors (Lipinski definition) is 2. The van der Waals surface area contributed by atoms with Gasteiger partial charge in [-0.15, -0.1) is 0 Å². The van der Waals surface area contributed by atoms with Crippen LogP contribution in [0.5, 0.6) is 0 Å². The van der Waals surface area contributed by atoms with Crippen LogP contribution in [0.4, 0.5) is 0 Å². The highest BCUT2D eigenvalue weighted by atomic mass is 16.5. The van der Waals surface area contributed by atoms with Crippen molar-refractivity contribution in [2.24, 2.45) is 0 Å². The SMILES string of the molecule is CCCNC(c1ccc(C)cc1)C(C)OCCC. The Hall–Kier alpha value is -0.860. The number of hydrogen-bond donors (Lipinski definition) is 1. The molecule has 0 aliphatic heterocycles. The van der Waals surface area contributed by atoms with Crippen molar-refractivity contribution in [1.82, 2.24) is 5.32 Å². The molecule has 0 fully saturated rings. The first-order valence-corrected chi connectivity index (χ1v) is 7.10. The zero-order valence-electron chi connectivity index (χ0n) is 12.2. The Morgan fingerprint density at radius 3 is 2.33 bits per heavy atom. The molecule has 0 spiro atoms. The minimum absolute atomic E-state index is 0.208. The summed E-state index contributed by atoms with van der Waals surface area (Å²) in [5.41, 5.74) is 2.62. The summed E-state index contributed by atoms with van der Waals surface area (Å²) in [6.07, 6.45) is 2.42. The zero-order valence-corrected chi connectivity index (χ0v) is 12.2. The molecule has 1 aromatic carbocycles. The topological polar surface area (TPSA) is 21.3 Å². The molecule has 2 heteroatoms. The third-order valence-corrected chi connectivity index (χ3v) is 3.11. The maximum absolute atomic E-state index is 5.87. The number of benzene rings is 1. The van der Waals surface area contributed by atoms with Crippen molar-refractivity contribution in [3.63, 3.8) is 0 Å². The average molecular weight is 249 g/mol. The van der Waals surface area contributed by atoms with E-state index in [2.05, 4.69) is 57.3 Å². The van der Waals surface area contributed by atoms with Crippen LogP contribution in [0.3, 0.4) is 0 Å². The molecule has 1 rings (SSSR count). The van der Waals surface area contributed by atoms with Crippen LogP contribution in [-0.2, 0) is 4.74 Å². The molecule has 18 heavy (non-hydrogen) atoms. The van der Waals surface area contributed by atoms with Crippen molar-refractivity contribution < 1.29 is 4.74 Å². The molecule has 0 aliphatic carbocycles. The quantitative estimate of drug-likeness (QED) is 0.755. The Bertz CT molecular complexity index is 320. The smallest absolute Gasteiger partial charge is 0.0741 e. The molecule has 0 aromatic heterocycles. The van der Waals surface area contributed by atoms with E-state index >= 15 is 0 Å². The Kier molecular flexibility index (Phi) is 6.99. The summed E-state index contributed by atoms with van der Waals surface area (Å²) < 4.78 is 5.87. The largest absolute Gasteiger partial charge is 0.377 e. The van der Waals surface area contributed by atoms with Crippen LogP contribution in [-0.4, -0.2) is 19.3 Å². The monoisotopic (exact) mass is 249 g/mol. The molecule has 0 amide bonds. The Morgan fingerprint density at radius 1 is 1.11 bits per heavy atom. The summed E-state index contributed by atoms with van der Waals surface area (Å²) in [4.78, 5) is 0. The summed E-state index contributed by atoms with van der Waals surface area (Å²) in [6.45, 7) is 10.5. The second-order valence-corrected chi connectivity index (χ2v) is 4.92. The maximum atomic E-state index is 5.87. The predicted octanol–water partition coefficient (Wildman–Crippen LogP) is 3.85. The van der Waals surface area contributed by atoms with Crippen molar-refractivity contribution in [2.45, 2.75) is 52.7 Å². The van der Waals surface area contributed by atoms with E-state index in [1.807, 2.05) is 0 Å². The highest BCUT2D eigenvalue weighted by molar-refractivity contribution is 5.24. The van der Waals surface area contributed by atoms with Gasteiger partial charge in [-0.05, 0) is 38.8 Å². The van der Waals surface area contributed by atoms with Crippen LogP contribution in [0.15, 0.2) is 24.3 Å². The van der Waals surface area contributed by atoms with Crippen LogP contribution in [0.25, 0.3) is 0 Å². The minimum atomic E-state index is 0.208. The van der Waals surface area contributed by atoms with Crippen molar-refractivity contribution in [2.75, 3.05) is 13.2 Å². The van der Waals surface area contributed by atoms with Gasteiger partial charge in [0.2, 0.25) is 0 Å². The lowest BCUT2D eigenvalue weighted by atomic mass is 10.0. The van der Waals surface area contributed by atoms with Gasteiger partial charge in [0.05, 0.1) is 12.1 Å². The summed E-state index contributed by atoms with van der Waals surface area (Å²) in [5.74, 6) is 0. The van der Waals surface area contributed by atoms with E-state index in [0.717, 1.165) is 26.0 Å². The molecule has 2 unspecified atom stereocenters. The number of rotatable bonds is 8. The maximum Gasteiger partial charge on any atom is 0.0741 e. The van der Waals surface area contributed by atoms with Crippen LogP contribution >= 0.6 is 0 Å². The van der Waals surface area contributed by atoms with Crippen molar-refractivity contribution in [3.05, 3.63) is 35.4 Å². The van der Waals surface area contributed by atoms with Crippen LogP contribution in [0, 0.1) is 6.92 Å². The van der Waals surface area contributed by atoms with Gasteiger partial charge in [-0.2, -0.15) is 0 Å². The van der Waals surface area contributed by atoms with Gasteiger partial charge >= 0.3 is 0 Å². The molecule has 0 radical (unpaired) electrons. The summed E-state index contributed by atoms with van der Waals surface area (Å²) in [6, 6.07) is 9.03. The van der Waals surface area contributed by atoms with E-state index in [1.165, 1.54) is 11.1 Å². The van der Waals surface area contributed by atoms with Crippen LogP contribution in [0.1, 0.15) is 50.8 Å². The average Bonchev–Trinajstić information content (AvgIpc) is 2.38. The molecular weight excluding hydrogens is 222 g/mol. The highest BCUT2D eigenvalue weighted by Crippen LogP contribution is 2.20. The Labute approximate surface area is 112 Å². The van der Waals surface area contributed by atoms with Crippen molar-refractivity contribution in [1.29, 1.82) is 0 Å². The Morgan fingerprint density at radius 2 is 1.78 bits per heavy atom. The van der Waals surface area contributed by atoms with Gasteiger partial charge in [0.25, 0.3) is 0 Å². The lowest BCUT2D eigenvalue weighted by Gasteiger charge is -2.26. The van der Waals surface area contributed by atoms with E-state index in [1.54, 1.807) is 0 Å². The van der Waals surface area contributed by atoms with E-state index in [-0.39, 0.29) is 12.1 Å². The minimum Gasteiger partial charge on any atom is -0.377 e. The zero-order chi connectivity index (χ0) is 13.4. The molecule has 2 atom stereocenters. The highest BCUT2D eigenvalue weighted by Gasteiger charge is 2.18. The standard InChI is InChI=1S/C16H27NO/c1-5-11-17-16(14(4)18-12-6-2)15-9-7-13(3)8-10-15/h7-10,14,16-17H,5-6,11-12H2,1-4H3. The van der Waals surface area contributed by atoms with Gasteiger partial charge in [0.1, 0.15) is 0 Å². The fourth-order valence-corrected chi connectivity index (χ4v) is 2.03. The lowest BCUT2D eigenvalue weighted by molar-refractivity contribution is 0.0389. The predicted molar refractivity (Wildman–Crippen MR) is 77.9 cm³/mol. The molecular formula is C16H27NO. The Balaban J connectivity index is 2.73. The molecule has 1 aromatic rings. The third kappa shape index (κ3) is 4.79. The first-order chi connectivity index (χ1) is 8.69. The van der Waals surface area contributed by atoms with Gasteiger partial charge in [-0.1, -0.05) is 43.7 Å². The summed E-state index contributed by atoms with van der Waals surface area (Å²) in [7, 11) is 0. The normalized spacial score (nSPS) is 14.4. The van der Waals surface area contributed by atoms with Crippen molar-refractivity contribution in [3.8, 4) is 0 Å². The third-order valence-electron chi connectivity index (χ3n) is 3.11. The first-order valence-electron chi connectivity index (χ1n) is 7.10. The molecule has 0 aliphatic rings. The fraction of sp³-hybridized carbons (Fsp3) is 0.625. The van der Waals surface area contributed by atoms with Gasteiger partial charge in [-0.3, -0.25) is 0 Å². The van der Waals surface area contributed by atoms with Gasteiger partial charge in [0.15, 0.2) is 0 Å². The van der Waals surface area contributed by atoms with Crippen molar-refractivity contribution >= 4 is 0 Å². The number of aryl methyl sites for hydroxylation is 1. The molecule has 102 valence electrons. The van der Waals surface area contributed by atoms with E-state index < -0.39 is 0 Å². The molecule has 0 saturated carbocycles. The number of nitrogens with one attached hydrogen (secondary N) is 1.